The number of primary amides is 1. The number of benzene rings is 1. The molecule has 1 aromatic carbocycles. The summed E-state index contributed by atoms with van der Waals surface area (Å²) in [5.74, 6) is 0.190. The van der Waals surface area contributed by atoms with Crippen LogP contribution in [0.4, 0.5) is 4.39 Å². The highest BCUT2D eigenvalue weighted by atomic mass is 127. The molecule has 0 aliphatic heterocycles. The van der Waals surface area contributed by atoms with E-state index in [1.165, 1.54) is 6.07 Å². The molecule has 0 aliphatic carbocycles. The topological polar surface area (TPSA) is 60.9 Å². The third-order valence-corrected chi connectivity index (χ3v) is 4.34. The Morgan fingerprint density at radius 3 is 2.71 bits per heavy atom. The summed E-state index contributed by atoms with van der Waals surface area (Å²) in [6, 6.07) is 2.49. The fourth-order valence-corrected chi connectivity index (χ4v) is 3.09. The van der Waals surface area contributed by atoms with Crippen LogP contribution in [0.25, 0.3) is 11.0 Å². The van der Waals surface area contributed by atoms with Gasteiger partial charge in [-0.3, -0.25) is 4.79 Å². The number of hydrogen-bond acceptors (Lipinski definition) is 2. The van der Waals surface area contributed by atoms with Crippen LogP contribution in [-0.4, -0.2) is 21.3 Å². The zero-order chi connectivity index (χ0) is 15.7. The Morgan fingerprint density at radius 1 is 1.52 bits per heavy atom. The number of carbonyl (C=O) groups is 1. The first kappa shape index (κ1) is 16.5. The number of hydrogen-bond donors (Lipinski definition) is 1. The molecule has 21 heavy (non-hydrogen) atoms. The normalized spacial score (nSPS) is 13.0. The number of imidazole rings is 1. The Kier molecular flexibility index (Phi) is 5.08. The van der Waals surface area contributed by atoms with Gasteiger partial charge in [-0.25, -0.2) is 9.37 Å². The molecule has 0 bridgehead atoms. The van der Waals surface area contributed by atoms with Crippen LogP contribution in [0.5, 0.6) is 0 Å². The van der Waals surface area contributed by atoms with Crippen molar-refractivity contribution in [2.75, 3.05) is 5.88 Å². The van der Waals surface area contributed by atoms with Crippen molar-refractivity contribution in [3.63, 3.8) is 0 Å². The largest absolute Gasteiger partial charge is 0.368 e. The molecule has 1 heterocycles. The first-order valence-electron chi connectivity index (χ1n) is 6.58. The predicted molar refractivity (Wildman–Crippen MR) is 89.9 cm³/mol. The van der Waals surface area contributed by atoms with E-state index in [1.807, 2.05) is 36.4 Å². The number of halogens is 3. The second kappa shape index (κ2) is 6.48. The van der Waals surface area contributed by atoms with Gasteiger partial charge in [-0.15, -0.1) is 11.6 Å². The van der Waals surface area contributed by atoms with E-state index < -0.39 is 11.9 Å². The molecule has 7 heteroatoms. The molecule has 0 fully saturated rings. The lowest BCUT2D eigenvalue weighted by atomic mass is 10.0. The minimum absolute atomic E-state index is 0.0312. The number of alkyl halides is 1. The van der Waals surface area contributed by atoms with Gasteiger partial charge in [0.05, 0.1) is 14.6 Å². The fourth-order valence-electron chi connectivity index (χ4n) is 2.47. The molecule has 1 unspecified atom stereocenters. The van der Waals surface area contributed by atoms with Crippen molar-refractivity contribution in [3.05, 3.63) is 27.3 Å². The molecule has 0 saturated heterocycles. The third-order valence-electron chi connectivity index (χ3n) is 3.32. The van der Waals surface area contributed by atoms with Gasteiger partial charge in [0.1, 0.15) is 17.7 Å². The molecule has 0 saturated carbocycles. The Hall–Kier alpha value is -0.890. The number of aryl methyl sites for hydroxylation is 1. The van der Waals surface area contributed by atoms with Crippen molar-refractivity contribution in [2.45, 2.75) is 26.3 Å². The molecule has 0 radical (unpaired) electrons. The standard InChI is InChI=1S/C14H16ClFIN3O/c1-7(2)13(14(18)21)20-11-5-8(16)9(17)6-10(11)19-12(20)3-4-15/h5-7,13H,3-4H2,1-2H3,(H2,18,21). The highest BCUT2D eigenvalue weighted by molar-refractivity contribution is 14.1. The van der Waals surface area contributed by atoms with Gasteiger partial charge >= 0.3 is 0 Å². The highest BCUT2D eigenvalue weighted by Gasteiger charge is 2.27. The highest BCUT2D eigenvalue weighted by Crippen LogP contribution is 2.28. The van der Waals surface area contributed by atoms with E-state index in [0.29, 0.717) is 32.7 Å². The molecule has 2 N–H and O–H groups in total. The smallest absolute Gasteiger partial charge is 0.240 e. The van der Waals surface area contributed by atoms with E-state index in [-0.39, 0.29) is 11.7 Å². The number of fused-ring (bicyclic) bond motifs is 1. The van der Waals surface area contributed by atoms with E-state index in [9.17, 15) is 9.18 Å². The quantitative estimate of drug-likeness (QED) is 0.593. The summed E-state index contributed by atoms with van der Waals surface area (Å²) in [5, 5.41) is 0. The van der Waals surface area contributed by atoms with Crippen molar-refractivity contribution in [2.24, 2.45) is 11.7 Å². The molecular weight excluding hydrogens is 408 g/mol. The lowest BCUT2D eigenvalue weighted by Crippen LogP contribution is -2.31. The maximum atomic E-state index is 13.9. The summed E-state index contributed by atoms with van der Waals surface area (Å²) < 4.78 is 16.1. The van der Waals surface area contributed by atoms with Crippen LogP contribution >= 0.6 is 34.2 Å². The van der Waals surface area contributed by atoms with Crippen molar-refractivity contribution < 1.29 is 9.18 Å². The minimum Gasteiger partial charge on any atom is -0.368 e. The predicted octanol–water partition coefficient (Wildman–Crippen LogP) is 3.24. The van der Waals surface area contributed by atoms with Gasteiger partial charge in [-0.05, 0) is 34.6 Å². The number of rotatable bonds is 5. The van der Waals surface area contributed by atoms with Crippen LogP contribution in [0.1, 0.15) is 25.7 Å². The van der Waals surface area contributed by atoms with E-state index >= 15 is 0 Å². The molecule has 1 amide bonds. The monoisotopic (exact) mass is 423 g/mol. The van der Waals surface area contributed by atoms with Gasteiger partial charge in [0.25, 0.3) is 0 Å². The maximum Gasteiger partial charge on any atom is 0.240 e. The lowest BCUT2D eigenvalue weighted by Gasteiger charge is -2.22. The van der Waals surface area contributed by atoms with Gasteiger partial charge in [0.15, 0.2) is 0 Å². The zero-order valence-corrected chi connectivity index (χ0v) is 14.7. The van der Waals surface area contributed by atoms with Crippen LogP contribution in [0.15, 0.2) is 12.1 Å². The number of aromatic nitrogens is 2. The molecule has 114 valence electrons. The summed E-state index contributed by atoms with van der Waals surface area (Å²) >= 11 is 7.73. The van der Waals surface area contributed by atoms with Crippen molar-refractivity contribution in [3.8, 4) is 0 Å². The van der Waals surface area contributed by atoms with Gasteiger partial charge in [0.2, 0.25) is 5.91 Å². The van der Waals surface area contributed by atoms with Crippen molar-refractivity contribution in [1.82, 2.24) is 9.55 Å². The van der Waals surface area contributed by atoms with Crippen LogP contribution in [0.3, 0.4) is 0 Å². The number of nitrogens with zero attached hydrogens (tertiary/aromatic N) is 2. The minimum atomic E-state index is -0.576. The fraction of sp³-hybridized carbons (Fsp3) is 0.429. The summed E-state index contributed by atoms with van der Waals surface area (Å²) in [6.07, 6.45) is 0.491. The Morgan fingerprint density at radius 2 is 2.19 bits per heavy atom. The van der Waals surface area contributed by atoms with Gasteiger partial charge < -0.3 is 10.3 Å². The third kappa shape index (κ3) is 3.15. The zero-order valence-electron chi connectivity index (χ0n) is 11.7. The number of carbonyl (C=O) groups excluding carboxylic acids is 1. The average molecular weight is 424 g/mol. The summed E-state index contributed by atoms with van der Waals surface area (Å²) in [6.45, 7) is 3.80. The molecule has 0 aliphatic rings. The van der Waals surface area contributed by atoms with E-state index in [1.54, 1.807) is 10.6 Å². The Labute approximate surface area is 141 Å². The summed E-state index contributed by atoms with van der Waals surface area (Å²) in [5.41, 5.74) is 6.76. The molecule has 2 rings (SSSR count). The van der Waals surface area contributed by atoms with E-state index in [2.05, 4.69) is 4.98 Å². The van der Waals surface area contributed by atoms with Crippen molar-refractivity contribution >= 4 is 51.1 Å². The molecule has 0 spiro atoms. The number of nitrogens with two attached hydrogens (primary N) is 1. The van der Waals surface area contributed by atoms with Crippen LogP contribution in [0, 0.1) is 15.3 Å². The van der Waals surface area contributed by atoms with Gasteiger partial charge in [-0.1, -0.05) is 13.8 Å². The Balaban J connectivity index is 2.76. The van der Waals surface area contributed by atoms with E-state index in [4.69, 9.17) is 17.3 Å². The van der Waals surface area contributed by atoms with Crippen LogP contribution in [-0.2, 0) is 11.2 Å². The first-order chi connectivity index (χ1) is 9.86. The Bertz CT molecular complexity index is 686. The summed E-state index contributed by atoms with van der Waals surface area (Å²) in [4.78, 5) is 16.3. The SMILES string of the molecule is CC(C)C(C(N)=O)n1c(CCCl)nc2cc(I)c(F)cc21. The van der Waals surface area contributed by atoms with E-state index in [0.717, 1.165) is 0 Å². The van der Waals surface area contributed by atoms with Gasteiger partial charge in [-0.2, -0.15) is 0 Å². The van der Waals surface area contributed by atoms with Crippen LogP contribution in [0.2, 0.25) is 0 Å². The first-order valence-corrected chi connectivity index (χ1v) is 8.19. The number of amides is 1. The van der Waals surface area contributed by atoms with Crippen molar-refractivity contribution in [1.29, 1.82) is 0 Å². The van der Waals surface area contributed by atoms with Gasteiger partial charge in [0, 0.05) is 18.4 Å². The molecule has 1 atom stereocenters. The second-order valence-electron chi connectivity index (χ2n) is 5.18. The average Bonchev–Trinajstić information content (AvgIpc) is 2.68. The molecule has 1 aromatic heterocycles. The second-order valence-corrected chi connectivity index (χ2v) is 6.72. The molecule has 4 nitrogen and oxygen atoms in total. The molecular formula is C14H16ClFIN3O. The summed E-state index contributed by atoms with van der Waals surface area (Å²) in [7, 11) is 0. The molecule has 2 aromatic rings. The lowest BCUT2D eigenvalue weighted by molar-refractivity contribution is -0.122. The van der Waals surface area contributed by atoms with Crippen LogP contribution < -0.4 is 5.73 Å². The maximum absolute atomic E-state index is 13.9.